The summed E-state index contributed by atoms with van der Waals surface area (Å²) in [5.41, 5.74) is -0.400. The van der Waals surface area contributed by atoms with Crippen LogP contribution in [0.2, 0.25) is 0 Å². The van der Waals surface area contributed by atoms with Crippen molar-refractivity contribution in [2.45, 2.75) is 26.4 Å². The van der Waals surface area contributed by atoms with Gasteiger partial charge in [0.15, 0.2) is 12.1 Å². The van der Waals surface area contributed by atoms with E-state index in [0.29, 0.717) is 6.29 Å². The lowest BCUT2D eigenvalue weighted by molar-refractivity contribution is 0.111. The largest absolute Gasteiger partial charge is 0.507 e. The van der Waals surface area contributed by atoms with Crippen molar-refractivity contribution in [2.75, 3.05) is 0 Å². The second-order valence-electron chi connectivity index (χ2n) is 5.68. The molecule has 0 aliphatic carbocycles. The van der Waals surface area contributed by atoms with Gasteiger partial charge in [0, 0.05) is 17.8 Å². The van der Waals surface area contributed by atoms with Crippen LogP contribution < -0.4 is 4.74 Å². The highest BCUT2D eigenvalue weighted by molar-refractivity contribution is 5.83. The number of phenols is 1. The molecule has 2 aromatic heterocycles. The minimum atomic E-state index is -2.54. The van der Waals surface area contributed by atoms with E-state index in [4.69, 9.17) is 7.48 Å². The first-order chi connectivity index (χ1) is 13.3. The zero-order valence-electron chi connectivity index (χ0n) is 16.0. The van der Waals surface area contributed by atoms with E-state index >= 15 is 0 Å². The Balaban J connectivity index is 2.12. The molecule has 1 aromatic carbocycles. The number of ether oxygens (including phenoxy) is 1. The van der Waals surface area contributed by atoms with E-state index in [1.807, 2.05) is 0 Å². The number of hydrogen-bond acceptors (Lipinski definition) is 6. The molecule has 3 aromatic rings. The number of nitrogens with zero attached hydrogens (tertiary/aromatic N) is 4. The molecule has 0 aliphatic heterocycles. The quantitative estimate of drug-likeness (QED) is 0.681. The second-order valence-corrected chi connectivity index (χ2v) is 5.68. The highest BCUT2D eigenvalue weighted by Crippen LogP contribution is 2.29. The number of aldehydes is 1. The Hall–Kier alpha value is -3.29. The number of carbonyl (C=O) groups is 1. The van der Waals surface area contributed by atoms with Crippen molar-refractivity contribution in [1.29, 1.82) is 0 Å². The van der Waals surface area contributed by atoms with Gasteiger partial charge in [-0.2, -0.15) is 5.10 Å². The molecule has 0 aliphatic rings. The molecule has 0 atom stereocenters. The first-order valence-corrected chi connectivity index (χ1v) is 7.76. The van der Waals surface area contributed by atoms with Crippen LogP contribution in [-0.4, -0.2) is 31.1 Å². The average molecular weight is 358 g/mol. The van der Waals surface area contributed by atoms with Crippen molar-refractivity contribution in [2.24, 2.45) is 0 Å². The summed E-state index contributed by atoms with van der Waals surface area (Å²) in [6, 6.07) is 3.81. The molecule has 0 spiro atoms. The number of aromatic nitrogens is 4. The van der Waals surface area contributed by atoms with Gasteiger partial charge in [0.1, 0.15) is 35.8 Å². The van der Waals surface area contributed by atoms with Crippen LogP contribution in [0.25, 0.3) is 11.4 Å². The van der Waals surface area contributed by atoms with Gasteiger partial charge in [-0.15, -0.1) is 0 Å². The van der Waals surface area contributed by atoms with Crippen LogP contribution in [0.15, 0.2) is 36.9 Å². The first-order valence-electron chi connectivity index (χ1n) is 8.76. The number of hydrogen-bond donors (Lipinski definition) is 1. The molecule has 0 saturated carbocycles. The SMILES string of the molecule is [2H]C([2H])(Oc1cccc(O)c1C=O)c1cncnc1-c1c(F)cnn1C(C)C. The van der Waals surface area contributed by atoms with Crippen molar-refractivity contribution in [3.63, 3.8) is 0 Å². The van der Waals surface area contributed by atoms with Crippen molar-refractivity contribution in [3.05, 3.63) is 53.9 Å². The summed E-state index contributed by atoms with van der Waals surface area (Å²) in [5, 5.41) is 13.8. The zero-order chi connectivity index (χ0) is 20.5. The average Bonchev–Trinajstić information content (AvgIpc) is 3.03. The van der Waals surface area contributed by atoms with Gasteiger partial charge in [0.2, 0.25) is 0 Å². The van der Waals surface area contributed by atoms with Crippen molar-refractivity contribution in [3.8, 4) is 22.9 Å². The van der Waals surface area contributed by atoms with Gasteiger partial charge in [-0.25, -0.2) is 14.4 Å². The summed E-state index contributed by atoms with van der Waals surface area (Å²) >= 11 is 0. The van der Waals surface area contributed by atoms with E-state index in [9.17, 15) is 14.3 Å². The molecule has 2 heterocycles. The van der Waals surface area contributed by atoms with Gasteiger partial charge < -0.3 is 9.84 Å². The molecule has 26 heavy (non-hydrogen) atoms. The minimum Gasteiger partial charge on any atom is -0.507 e. The molecule has 0 radical (unpaired) electrons. The van der Waals surface area contributed by atoms with E-state index in [0.717, 1.165) is 12.5 Å². The van der Waals surface area contributed by atoms with Gasteiger partial charge in [0.25, 0.3) is 0 Å². The normalized spacial score (nSPS) is 12.6. The van der Waals surface area contributed by atoms with E-state index in [1.54, 1.807) is 13.8 Å². The number of phenolic OH excluding ortho intramolecular Hbond substituents is 1. The lowest BCUT2D eigenvalue weighted by Gasteiger charge is -2.14. The summed E-state index contributed by atoms with van der Waals surface area (Å²) in [5.74, 6) is -1.19. The highest BCUT2D eigenvalue weighted by Gasteiger charge is 2.20. The Kier molecular flexibility index (Phi) is 4.21. The van der Waals surface area contributed by atoms with E-state index in [-0.39, 0.29) is 40.1 Å². The number of carbonyl (C=O) groups excluding carboxylic acids is 1. The standard InChI is InChI=1S/C18H17FN4O3/c1-11(2)23-18(14(19)7-22-23)17-12(6-20-10-21-17)9-26-16-5-3-4-15(25)13(16)8-24/h3-8,10-11,25H,9H2,1-2H3/i9D2. The van der Waals surface area contributed by atoms with Crippen molar-refractivity contribution in [1.82, 2.24) is 19.7 Å². The Morgan fingerprint density at radius 3 is 2.96 bits per heavy atom. The predicted octanol–water partition coefficient (Wildman–Crippen LogP) is 3.16. The summed E-state index contributed by atoms with van der Waals surface area (Å²) in [6.07, 6.45) is 3.72. The smallest absolute Gasteiger partial charge is 0.170 e. The Morgan fingerprint density at radius 1 is 1.42 bits per heavy atom. The third-order valence-corrected chi connectivity index (χ3v) is 3.61. The maximum Gasteiger partial charge on any atom is 0.170 e. The number of rotatable bonds is 6. The lowest BCUT2D eigenvalue weighted by Crippen LogP contribution is -2.09. The molecule has 0 saturated heterocycles. The molecule has 0 bridgehead atoms. The highest BCUT2D eigenvalue weighted by atomic mass is 19.1. The molecule has 3 rings (SSSR count). The summed E-state index contributed by atoms with van der Waals surface area (Å²) < 4.78 is 37.9. The van der Waals surface area contributed by atoms with Crippen LogP contribution in [-0.2, 0) is 6.56 Å². The molecule has 7 nitrogen and oxygen atoms in total. The second kappa shape index (κ2) is 7.30. The number of halogens is 1. The first kappa shape index (κ1) is 15.0. The van der Waals surface area contributed by atoms with Gasteiger partial charge in [-0.1, -0.05) is 6.07 Å². The lowest BCUT2D eigenvalue weighted by atomic mass is 10.1. The maximum atomic E-state index is 14.4. The van der Waals surface area contributed by atoms with Gasteiger partial charge in [-0.3, -0.25) is 9.48 Å². The summed E-state index contributed by atoms with van der Waals surface area (Å²) in [6.45, 7) is 1.05. The van der Waals surface area contributed by atoms with Crippen LogP contribution >= 0.6 is 0 Å². The Bertz CT molecular complexity index is 1020. The van der Waals surface area contributed by atoms with Gasteiger partial charge >= 0.3 is 0 Å². The molecule has 0 unspecified atom stereocenters. The summed E-state index contributed by atoms with van der Waals surface area (Å²) in [7, 11) is 0. The molecular weight excluding hydrogens is 339 g/mol. The monoisotopic (exact) mass is 358 g/mol. The zero-order valence-corrected chi connectivity index (χ0v) is 14.0. The predicted molar refractivity (Wildman–Crippen MR) is 91.4 cm³/mol. The van der Waals surface area contributed by atoms with Crippen LogP contribution in [0.5, 0.6) is 11.5 Å². The maximum absolute atomic E-state index is 14.4. The van der Waals surface area contributed by atoms with Crippen molar-refractivity contribution < 1.29 is 21.8 Å². The van der Waals surface area contributed by atoms with E-state index < -0.39 is 12.4 Å². The molecule has 0 fully saturated rings. The van der Waals surface area contributed by atoms with Gasteiger partial charge in [0.05, 0.1) is 14.5 Å². The fraction of sp³-hybridized carbons (Fsp3) is 0.222. The molecule has 8 heteroatoms. The van der Waals surface area contributed by atoms with Crippen LogP contribution in [0.4, 0.5) is 4.39 Å². The topological polar surface area (TPSA) is 90.1 Å². The fourth-order valence-corrected chi connectivity index (χ4v) is 2.40. The molecule has 134 valence electrons. The summed E-state index contributed by atoms with van der Waals surface area (Å²) in [4.78, 5) is 19.1. The minimum absolute atomic E-state index is 0.00797. The number of aromatic hydroxyl groups is 1. The Morgan fingerprint density at radius 2 is 2.23 bits per heavy atom. The van der Waals surface area contributed by atoms with E-state index in [2.05, 4.69) is 15.1 Å². The Labute approximate surface area is 151 Å². The van der Waals surface area contributed by atoms with Crippen molar-refractivity contribution >= 4 is 6.29 Å². The molecule has 0 amide bonds. The molecule has 1 N–H and O–H groups in total. The third-order valence-electron chi connectivity index (χ3n) is 3.61. The third kappa shape index (κ3) is 3.26. The fourth-order valence-electron chi connectivity index (χ4n) is 2.40. The number of benzene rings is 1. The van der Waals surface area contributed by atoms with Gasteiger partial charge in [-0.05, 0) is 26.0 Å². The van der Waals surface area contributed by atoms with E-state index in [1.165, 1.54) is 29.1 Å². The van der Waals surface area contributed by atoms with Crippen LogP contribution in [0.3, 0.4) is 0 Å². The van der Waals surface area contributed by atoms with Crippen LogP contribution in [0, 0.1) is 5.82 Å². The van der Waals surface area contributed by atoms with Crippen LogP contribution in [0.1, 0.15) is 38.6 Å². The molecular formula is C18H17FN4O3.